The van der Waals surface area contributed by atoms with E-state index in [1.165, 1.54) is 6.33 Å². The van der Waals surface area contributed by atoms with Gasteiger partial charge >= 0.3 is 0 Å². The van der Waals surface area contributed by atoms with Gasteiger partial charge in [-0.05, 0) is 23.8 Å². The van der Waals surface area contributed by atoms with Gasteiger partial charge in [0.1, 0.15) is 12.0 Å². The summed E-state index contributed by atoms with van der Waals surface area (Å²) in [5.41, 5.74) is 3.47. The number of nitrogens with zero attached hydrogens (tertiary/aromatic N) is 5. The van der Waals surface area contributed by atoms with Crippen LogP contribution in [0.5, 0.6) is 0 Å². The number of hydrogen-bond acceptors (Lipinski definition) is 6. The normalized spacial score (nSPS) is 12.6. The average Bonchev–Trinajstić information content (AvgIpc) is 3.34. The molecule has 0 fully saturated rings. The Balaban J connectivity index is 1.72. The number of nitriles is 1. The fourth-order valence-electron chi connectivity index (χ4n) is 3.21. The lowest BCUT2D eigenvalue weighted by Gasteiger charge is -2.16. The van der Waals surface area contributed by atoms with Crippen LogP contribution < -0.4 is 4.72 Å². The molecule has 4 aromatic rings. The van der Waals surface area contributed by atoms with E-state index in [0.717, 1.165) is 34.1 Å². The minimum Gasteiger partial charge on any atom is -0.346 e. The van der Waals surface area contributed by atoms with E-state index >= 15 is 0 Å². The Morgan fingerprint density at radius 3 is 2.97 bits per heavy atom. The van der Waals surface area contributed by atoms with Crippen molar-refractivity contribution >= 4 is 26.7 Å². The topological polar surface area (TPSA) is 129 Å². The highest BCUT2D eigenvalue weighted by Gasteiger charge is 2.18. The number of aromatic nitrogens is 5. The molecule has 3 aromatic heterocycles. The minimum atomic E-state index is -3.40. The molecule has 0 aliphatic heterocycles. The smallest absolute Gasteiger partial charge is 0.229 e. The lowest BCUT2D eigenvalue weighted by Crippen LogP contribution is -2.13. The van der Waals surface area contributed by atoms with Gasteiger partial charge in [-0.15, -0.1) is 0 Å². The molecule has 0 saturated heterocycles. The van der Waals surface area contributed by atoms with Gasteiger partial charge in [0.15, 0.2) is 0 Å². The molecule has 2 N–H and O–H groups in total. The molecule has 3 heterocycles. The first kappa shape index (κ1) is 18.6. The van der Waals surface area contributed by atoms with Crippen LogP contribution in [0.3, 0.4) is 0 Å². The van der Waals surface area contributed by atoms with Crippen LogP contribution in [0.25, 0.3) is 22.3 Å². The molecule has 0 aliphatic rings. The second kappa shape index (κ2) is 7.37. The lowest BCUT2D eigenvalue weighted by atomic mass is 10.0. The molecule has 1 unspecified atom stereocenters. The molecule has 29 heavy (non-hydrogen) atoms. The van der Waals surface area contributed by atoms with Gasteiger partial charge in [-0.25, -0.2) is 18.4 Å². The summed E-state index contributed by atoms with van der Waals surface area (Å²) in [6.45, 7) is 0. The van der Waals surface area contributed by atoms with E-state index in [0.29, 0.717) is 5.69 Å². The molecular weight excluding hydrogens is 390 g/mol. The predicted octanol–water partition coefficient (Wildman–Crippen LogP) is 2.70. The number of fused-ring (bicyclic) bond motifs is 1. The first-order valence-electron chi connectivity index (χ1n) is 8.72. The molecule has 146 valence electrons. The molecule has 4 rings (SSSR count). The van der Waals surface area contributed by atoms with Gasteiger partial charge in [0.2, 0.25) is 10.0 Å². The van der Waals surface area contributed by atoms with Crippen molar-refractivity contribution in [1.82, 2.24) is 24.7 Å². The molecule has 0 amide bonds. The van der Waals surface area contributed by atoms with Gasteiger partial charge in [0, 0.05) is 29.0 Å². The third kappa shape index (κ3) is 3.95. The molecule has 0 saturated carbocycles. The lowest BCUT2D eigenvalue weighted by molar-refractivity contribution is 0.532. The largest absolute Gasteiger partial charge is 0.346 e. The van der Waals surface area contributed by atoms with Crippen molar-refractivity contribution < 1.29 is 8.42 Å². The number of anilines is 1. The van der Waals surface area contributed by atoms with Crippen molar-refractivity contribution in [3.63, 3.8) is 0 Å². The fourth-order valence-corrected chi connectivity index (χ4v) is 3.76. The first-order chi connectivity index (χ1) is 13.9. The van der Waals surface area contributed by atoms with Gasteiger partial charge in [-0.3, -0.25) is 9.40 Å². The van der Waals surface area contributed by atoms with E-state index < -0.39 is 10.0 Å². The van der Waals surface area contributed by atoms with Crippen molar-refractivity contribution in [2.45, 2.75) is 12.5 Å². The van der Waals surface area contributed by atoms with Crippen LogP contribution in [-0.4, -0.2) is 39.4 Å². The van der Waals surface area contributed by atoms with E-state index in [4.69, 9.17) is 0 Å². The summed E-state index contributed by atoms with van der Waals surface area (Å²) >= 11 is 0. The Hall–Kier alpha value is -3.71. The number of hydrogen-bond donors (Lipinski definition) is 2. The van der Waals surface area contributed by atoms with E-state index in [-0.39, 0.29) is 12.5 Å². The second-order valence-corrected chi connectivity index (χ2v) is 8.30. The van der Waals surface area contributed by atoms with Crippen LogP contribution in [0.2, 0.25) is 0 Å². The maximum absolute atomic E-state index is 11.5. The summed E-state index contributed by atoms with van der Waals surface area (Å²) in [6.07, 6.45) is 8.07. The summed E-state index contributed by atoms with van der Waals surface area (Å²) in [5.74, 6) is 0. The van der Waals surface area contributed by atoms with Gasteiger partial charge < -0.3 is 4.98 Å². The van der Waals surface area contributed by atoms with Gasteiger partial charge in [0.25, 0.3) is 0 Å². The van der Waals surface area contributed by atoms with E-state index in [1.807, 2.05) is 18.3 Å². The number of sulfonamides is 1. The number of rotatable bonds is 6. The van der Waals surface area contributed by atoms with Gasteiger partial charge in [-0.1, -0.05) is 12.1 Å². The molecule has 0 spiro atoms. The van der Waals surface area contributed by atoms with Crippen LogP contribution in [0, 0.1) is 11.3 Å². The van der Waals surface area contributed by atoms with Crippen LogP contribution in [0.15, 0.2) is 55.2 Å². The quantitative estimate of drug-likeness (QED) is 0.505. The van der Waals surface area contributed by atoms with Crippen LogP contribution in [-0.2, 0) is 10.0 Å². The molecular formula is C19H17N7O2S. The van der Waals surface area contributed by atoms with E-state index in [2.05, 4.69) is 30.8 Å². The zero-order chi connectivity index (χ0) is 20.4. The molecule has 0 radical (unpaired) electrons. The van der Waals surface area contributed by atoms with E-state index in [1.54, 1.807) is 35.3 Å². The standard InChI is InChI=1S/C19H17N7O2S/c1-29(27,28)25-15-4-2-3-13(9-15)17(5-7-20)26-11-14(10-24-26)18-16-6-8-21-19(16)23-12-22-18/h2-4,6,8-12,17,25H,5H2,1H3,(H,21,22,23). The first-order valence-corrected chi connectivity index (χ1v) is 10.6. The Kier molecular flexibility index (Phi) is 4.74. The molecule has 0 aliphatic carbocycles. The third-order valence-corrected chi connectivity index (χ3v) is 5.01. The Morgan fingerprint density at radius 1 is 1.31 bits per heavy atom. The summed E-state index contributed by atoms with van der Waals surface area (Å²) < 4.78 is 27.2. The highest BCUT2D eigenvalue weighted by atomic mass is 32.2. The molecule has 1 aromatic carbocycles. The van der Waals surface area contributed by atoms with Gasteiger partial charge in [-0.2, -0.15) is 10.4 Å². The minimum absolute atomic E-state index is 0.173. The number of aromatic amines is 1. The Morgan fingerprint density at radius 2 is 2.17 bits per heavy atom. The molecule has 10 heteroatoms. The summed E-state index contributed by atoms with van der Waals surface area (Å²) in [5, 5.41) is 14.6. The average molecular weight is 407 g/mol. The highest BCUT2D eigenvalue weighted by molar-refractivity contribution is 7.92. The molecule has 0 bridgehead atoms. The monoisotopic (exact) mass is 407 g/mol. The van der Waals surface area contributed by atoms with Crippen LogP contribution >= 0.6 is 0 Å². The summed E-state index contributed by atoms with van der Waals surface area (Å²) in [4.78, 5) is 11.6. The zero-order valence-electron chi connectivity index (χ0n) is 15.4. The van der Waals surface area contributed by atoms with Crippen LogP contribution in [0.1, 0.15) is 18.0 Å². The van der Waals surface area contributed by atoms with Gasteiger partial charge in [0.05, 0.1) is 36.7 Å². The highest BCUT2D eigenvalue weighted by Crippen LogP contribution is 2.28. The van der Waals surface area contributed by atoms with Crippen molar-refractivity contribution in [3.8, 4) is 17.3 Å². The maximum atomic E-state index is 11.5. The fraction of sp³-hybridized carbons (Fsp3) is 0.158. The number of H-pyrrole nitrogens is 1. The predicted molar refractivity (Wildman–Crippen MR) is 108 cm³/mol. The SMILES string of the molecule is CS(=O)(=O)Nc1cccc(C(CC#N)n2cc(-c3ncnc4[nH]ccc34)cn2)c1. The van der Waals surface area contributed by atoms with E-state index in [9.17, 15) is 13.7 Å². The van der Waals surface area contributed by atoms with Crippen molar-refractivity contribution in [1.29, 1.82) is 5.26 Å². The number of nitrogens with one attached hydrogen (secondary N) is 2. The Labute approximate surface area is 167 Å². The summed E-state index contributed by atoms with van der Waals surface area (Å²) in [7, 11) is -3.40. The maximum Gasteiger partial charge on any atom is 0.229 e. The number of benzene rings is 1. The van der Waals surface area contributed by atoms with Crippen molar-refractivity contribution in [2.24, 2.45) is 0 Å². The summed E-state index contributed by atoms with van der Waals surface area (Å²) in [6, 6.07) is 10.6. The third-order valence-electron chi connectivity index (χ3n) is 4.41. The van der Waals surface area contributed by atoms with Crippen LogP contribution in [0.4, 0.5) is 5.69 Å². The molecule has 1 atom stereocenters. The Bertz CT molecular complexity index is 1320. The zero-order valence-corrected chi connectivity index (χ0v) is 16.3. The van der Waals surface area contributed by atoms with Crippen molar-refractivity contribution in [2.75, 3.05) is 11.0 Å². The van der Waals surface area contributed by atoms with Crippen molar-refractivity contribution in [3.05, 3.63) is 60.8 Å². The molecule has 9 nitrogen and oxygen atoms in total. The second-order valence-electron chi connectivity index (χ2n) is 6.55.